The Hall–Kier alpha value is -3.76. The zero-order valence-electron chi connectivity index (χ0n) is 18.1. The fourth-order valence-corrected chi connectivity index (χ4v) is 4.80. The number of amides is 1. The van der Waals surface area contributed by atoms with Crippen LogP contribution in [0.25, 0.3) is 5.69 Å². The smallest absolute Gasteiger partial charge is 0.278 e. The van der Waals surface area contributed by atoms with E-state index in [2.05, 4.69) is 20.4 Å². The summed E-state index contributed by atoms with van der Waals surface area (Å²) in [5.74, 6) is -0.963. The Labute approximate surface area is 200 Å². The van der Waals surface area contributed by atoms with Crippen molar-refractivity contribution in [1.29, 1.82) is 0 Å². The number of nitrogens with zero attached hydrogens (tertiary/aromatic N) is 3. The van der Waals surface area contributed by atoms with Crippen LogP contribution in [0.3, 0.4) is 0 Å². The van der Waals surface area contributed by atoms with Gasteiger partial charge in [-0.15, -0.1) is 5.10 Å². The predicted molar refractivity (Wildman–Crippen MR) is 127 cm³/mol. The minimum absolute atomic E-state index is 0.00281. The molecule has 0 saturated carbocycles. The van der Waals surface area contributed by atoms with Gasteiger partial charge < -0.3 is 5.32 Å². The van der Waals surface area contributed by atoms with Gasteiger partial charge in [-0.05, 0) is 74.0 Å². The first kappa shape index (κ1) is 23.4. The fraction of sp³-hybridized carbons (Fsp3) is 0.0870. The molecule has 0 radical (unpaired) electrons. The van der Waals surface area contributed by atoms with E-state index in [1.54, 1.807) is 44.2 Å². The lowest BCUT2D eigenvalue weighted by atomic mass is 10.2. The van der Waals surface area contributed by atoms with Crippen molar-refractivity contribution in [2.24, 2.45) is 0 Å². The lowest BCUT2D eigenvalue weighted by Crippen LogP contribution is -2.17. The second-order valence-electron chi connectivity index (χ2n) is 7.46. The van der Waals surface area contributed by atoms with Crippen LogP contribution in [0.2, 0.25) is 5.02 Å². The average Bonchev–Trinajstić information content (AvgIpc) is 3.16. The Kier molecular flexibility index (Phi) is 6.36. The van der Waals surface area contributed by atoms with Gasteiger partial charge in [-0.25, -0.2) is 17.5 Å². The van der Waals surface area contributed by atoms with Crippen molar-refractivity contribution in [3.63, 3.8) is 0 Å². The number of aromatic nitrogens is 3. The summed E-state index contributed by atoms with van der Waals surface area (Å²) in [6.07, 6.45) is 0. The number of hydrogen-bond acceptors (Lipinski definition) is 5. The SMILES string of the molecule is Cc1ccc(NC(=O)c2nnn(-c3ccc(F)cc3)c2C)cc1S(=O)(=O)Nc1cccc(Cl)c1. The molecule has 0 spiro atoms. The van der Waals surface area contributed by atoms with Gasteiger partial charge in [0, 0.05) is 10.7 Å². The molecule has 1 amide bonds. The maximum Gasteiger partial charge on any atom is 0.278 e. The monoisotopic (exact) mass is 499 g/mol. The molecule has 174 valence electrons. The molecule has 0 saturated heterocycles. The third-order valence-electron chi connectivity index (χ3n) is 4.99. The Bertz CT molecular complexity index is 1490. The van der Waals surface area contributed by atoms with E-state index in [4.69, 9.17) is 11.6 Å². The van der Waals surface area contributed by atoms with E-state index >= 15 is 0 Å². The molecule has 0 unspecified atom stereocenters. The van der Waals surface area contributed by atoms with Crippen LogP contribution in [0, 0.1) is 19.7 Å². The Balaban J connectivity index is 1.58. The van der Waals surface area contributed by atoms with Gasteiger partial charge >= 0.3 is 0 Å². The van der Waals surface area contributed by atoms with Crippen LogP contribution in [0.15, 0.2) is 71.6 Å². The van der Waals surface area contributed by atoms with Crippen LogP contribution in [0.4, 0.5) is 15.8 Å². The van der Waals surface area contributed by atoms with Gasteiger partial charge in [-0.2, -0.15) is 0 Å². The van der Waals surface area contributed by atoms with Crippen molar-refractivity contribution in [1.82, 2.24) is 15.0 Å². The maximum absolute atomic E-state index is 13.2. The lowest BCUT2D eigenvalue weighted by Gasteiger charge is -2.13. The second-order valence-corrected chi connectivity index (χ2v) is 9.55. The number of aryl methyl sites for hydroxylation is 1. The molecule has 0 fully saturated rings. The maximum atomic E-state index is 13.2. The zero-order valence-corrected chi connectivity index (χ0v) is 19.7. The van der Waals surface area contributed by atoms with E-state index in [-0.39, 0.29) is 16.3 Å². The summed E-state index contributed by atoms with van der Waals surface area (Å²) in [5.41, 5.74) is 2.09. The Morgan fingerprint density at radius 1 is 1.00 bits per heavy atom. The van der Waals surface area contributed by atoms with Crippen LogP contribution in [0.5, 0.6) is 0 Å². The minimum Gasteiger partial charge on any atom is -0.320 e. The number of sulfonamides is 1. The third-order valence-corrected chi connectivity index (χ3v) is 6.75. The van der Waals surface area contributed by atoms with E-state index < -0.39 is 21.7 Å². The predicted octanol–water partition coefficient (Wildman–Crippen LogP) is 4.73. The molecule has 2 N–H and O–H groups in total. The van der Waals surface area contributed by atoms with Crippen LogP contribution in [-0.4, -0.2) is 29.3 Å². The largest absolute Gasteiger partial charge is 0.320 e. The molecule has 0 atom stereocenters. The molecule has 0 aliphatic heterocycles. The molecule has 4 rings (SSSR count). The first-order chi connectivity index (χ1) is 16.1. The number of carbonyl (C=O) groups excluding carboxylic acids is 1. The number of anilines is 2. The van der Waals surface area contributed by atoms with Gasteiger partial charge in [0.2, 0.25) is 0 Å². The van der Waals surface area contributed by atoms with Crippen LogP contribution in [0.1, 0.15) is 21.7 Å². The lowest BCUT2D eigenvalue weighted by molar-refractivity contribution is 0.102. The van der Waals surface area contributed by atoms with Crippen LogP contribution < -0.4 is 10.0 Å². The van der Waals surface area contributed by atoms with Crippen molar-refractivity contribution < 1.29 is 17.6 Å². The highest BCUT2D eigenvalue weighted by Gasteiger charge is 2.21. The van der Waals surface area contributed by atoms with Gasteiger partial charge in [0.25, 0.3) is 15.9 Å². The summed E-state index contributed by atoms with van der Waals surface area (Å²) < 4.78 is 43.0. The van der Waals surface area contributed by atoms with Crippen LogP contribution in [-0.2, 0) is 10.0 Å². The highest BCUT2D eigenvalue weighted by Crippen LogP contribution is 2.25. The summed E-state index contributed by atoms with van der Waals surface area (Å²) in [6, 6.07) is 16.5. The topological polar surface area (TPSA) is 106 Å². The quantitative estimate of drug-likeness (QED) is 0.399. The Morgan fingerprint density at radius 2 is 1.74 bits per heavy atom. The number of hydrogen-bond donors (Lipinski definition) is 2. The molecule has 4 aromatic rings. The number of benzene rings is 3. The van der Waals surface area contributed by atoms with E-state index in [9.17, 15) is 17.6 Å². The van der Waals surface area contributed by atoms with Crippen molar-refractivity contribution in [3.05, 3.63) is 94.5 Å². The molecule has 1 aromatic heterocycles. The van der Waals surface area contributed by atoms with Gasteiger partial charge in [-0.1, -0.05) is 28.9 Å². The molecule has 3 aromatic carbocycles. The highest BCUT2D eigenvalue weighted by atomic mass is 35.5. The summed E-state index contributed by atoms with van der Waals surface area (Å²) in [5, 5.41) is 10.9. The van der Waals surface area contributed by atoms with Crippen molar-refractivity contribution >= 4 is 38.9 Å². The molecular weight excluding hydrogens is 481 g/mol. The third kappa shape index (κ3) is 4.92. The van der Waals surface area contributed by atoms with E-state index in [0.717, 1.165) is 0 Å². The van der Waals surface area contributed by atoms with Gasteiger partial charge in [0.05, 0.1) is 22.0 Å². The number of nitrogens with one attached hydrogen (secondary N) is 2. The minimum atomic E-state index is -3.95. The summed E-state index contributed by atoms with van der Waals surface area (Å²) >= 11 is 5.94. The van der Waals surface area contributed by atoms with E-state index in [1.165, 1.54) is 41.1 Å². The van der Waals surface area contributed by atoms with Crippen molar-refractivity contribution in [3.8, 4) is 5.69 Å². The van der Waals surface area contributed by atoms with E-state index in [0.29, 0.717) is 27.7 Å². The van der Waals surface area contributed by atoms with E-state index in [1.807, 2.05) is 0 Å². The first-order valence-corrected chi connectivity index (χ1v) is 11.9. The normalized spacial score (nSPS) is 11.3. The summed E-state index contributed by atoms with van der Waals surface area (Å²) in [7, 11) is -3.95. The molecule has 0 aliphatic rings. The Morgan fingerprint density at radius 3 is 2.44 bits per heavy atom. The molecule has 34 heavy (non-hydrogen) atoms. The summed E-state index contributed by atoms with van der Waals surface area (Å²) in [4.78, 5) is 12.8. The number of halogens is 2. The van der Waals surface area contributed by atoms with Crippen molar-refractivity contribution in [2.75, 3.05) is 10.0 Å². The zero-order chi connectivity index (χ0) is 24.5. The van der Waals surface area contributed by atoms with Crippen molar-refractivity contribution in [2.45, 2.75) is 18.7 Å². The molecule has 0 aliphatic carbocycles. The first-order valence-electron chi connectivity index (χ1n) is 10.0. The molecular formula is C23H19ClFN5O3S. The second kappa shape index (κ2) is 9.24. The van der Waals surface area contributed by atoms with Gasteiger partial charge in [-0.3, -0.25) is 9.52 Å². The van der Waals surface area contributed by atoms with Gasteiger partial charge in [0.15, 0.2) is 5.69 Å². The van der Waals surface area contributed by atoms with Crippen LogP contribution >= 0.6 is 11.6 Å². The molecule has 1 heterocycles. The highest BCUT2D eigenvalue weighted by molar-refractivity contribution is 7.92. The summed E-state index contributed by atoms with van der Waals surface area (Å²) in [6.45, 7) is 3.30. The number of carbonyl (C=O) groups is 1. The average molecular weight is 500 g/mol. The molecule has 11 heteroatoms. The number of rotatable bonds is 6. The standard InChI is InChI=1S/C23H19ClFN5O3S/c1-14-6-9-18(13-21(14)34(32,33)28-19-5-3-4-16(24)12-19)26-23(31)22-15(2)30(29-27-22)20-10-7-17(25)8-11-20/h3-13,28H,1-2H3,(H,26,31). The molecule has 0 bridgehead atoms. The van der Waals surface area contributed by atoms with Gasteiger partial charge in [0.1, 0.15) is 5.82 Å². The molecule has 8 nitrogen and oxygen atoms in total. The fourth-order valence-electron chi connectivity index (χ4n) is 3.29.